The third-order valence-corrected chi connectivity index (χ3v) is 6.26. The summed E-state index contributed by atoms with van der Waals surface area (Å²) in [5.41, 5.74) is 3.08. The van der Waals surface area contributed by atoms with Gasteiger partial charge in [-0.3, -0.25) is 0 Å². The highest BCUT2D eigenvalue weighted by atomic mass is 16.5. The number of benzene rings is 1. The molecule has 0 radical (unpaired) electrons. The van der Waals surface area contributed by atoms with E-state index in [0.717, 1.165) is 39.1 Å². The second-order valence-electron chi connectivity index (χ2n) is 8.01. The van der Waals surface area contributed by atoms with Gasteiger partial charge >= 0.3 is 0 Å². The zero-order valence-corrected chi connectivity index (χ0v) is 15.8. The Morgan fingerprint density at radius 3 is 2.48 bits per heavy atom. The lowest BCUT2D eigenvalue weighted by Crippen LogP contribution is -2.41. The summed E-state index contributed by atoms with van der Waals surface area (Å²) < 4.78 is 5.29. The highest BCUT2D eigenvalue weighted by Crippen LogP contribution is 2.43. The minimum absolute atomic E-state index is 0.114. The van der Waals surface area contributed by atoms with Crippen molar-refractivity contribution in [1.29, 1.82) is 0 Å². The van der Waals surface area contributed by atoms with Gasteiger partial charge in [0.25, 0.3) is 0 Å². The molecular formula is C21H34N2O2. The van der Waals surface area contributed by atoms with Crippen LogP contribution in [0.1, 0.15) is 57.1 Å². The van der Waals surface area contributed by atoms with E-state index in [-0.39, 0.29) is 6.10 Å². The number of aliphatic hydroxyl groups is 1. The zero-order chi connectivity index (χ0) is 17.7. The monoisotopic (exact) mass is 346 g/mol. The van der Waals surface area contributed by atoms with Crippen LogP contribution < -0.4 is 10.2 Å². The average Bonchev–Trinajstić information content (AvgIpc) is 2.61. The van der Waals surface area contributed by atoms with E-state index in [0.29, 0.717) is 11.5 Å². The Morgan fingerprint density at radius 2 is 1.92 bits per heavy atom. The zero-order valence-electron chi connectivity index (χ0n) is 15.8. The van der Waals surface area contributed by atoms with Gasteiger partial charge in [-0.1, -0.05) is 18.6 Å². The van der Waals surface area contributed by atoms with Crippen LogP contribution in [-0.2, 0) is 4.74 Å². The third kappa shape index (κ3) is 4.75. The molecule has 1 aliphatic carbocycles. The topological polar surface area (TPSA) is 44.7 Å². The van der Waals surface area contributed by atoms with E-state index in [4.69, 9.17) is 4.74 Å². The number of nitrogens with one attached hydrogen (secondary N) is 1. The van der Waals surface area contributed by atoms with Crippen molar-refractivity contribution in [1.82, 2.24) is 5.32 Å². The van der Waals surface area contributed by atoms with E-state index in [1.54, 1.807) is 7.11 Å². The van der Waals surface area contributed by atoms with E-state index < -0.39 is 0 Å². The summed E-state index contributed by atoms with van der Waals surface area (Å²) in [4.78, 5) is 2.38. The number of nitrogens with zero attached hydrogens (tertiary/aromatic N) is 1. The molecule has 0 aromatic heterocycles. The second-order valence-corrected chi connectivity index (χ2v) is 8.01. The Labute approximate surface area is 152 Å². The first-order chi connectivity index (χ1) is 12.1. The smallest absolute Gasteiger partial charge is 0.0574 e. The van der Waals surface area contributed by atoms with E-state index in [9.17, 15) is 5.11 Å². The van der Waals surface area contributed by atoms with Gasteiger partial charge in [-0.15, -0.1) is 0 Å². The van der Waals surface area contributed by atoms with Crippen molar-refractivity contribution in [3.05, 3.63) is 29.8 Å². The minimum Gasteiger partial charge on any atom is -0.393 e. The van der Waals surface area contributed by atoms with E-state index >= 15 is 0 Å². The van der Waals surface area contributed by atoms with Gasteiger partial charge < -0.3 is 20.1 Å². The molecule has 1 heterocycles. The van der Waals surface area contributed by atoms with Gasteiger partial charge in [-0.25, -0.2) is 0 Å². The molecule has 0 bridgehead atoms. The summed E-state index contributed by atoms with van der Waals surface area (Å²) in [6, 6.07) is 9.34. The maximum atomic E-state index is 9.65. The molecule has 2 aliphatic rings. The molecule has 1 unspecified atom stereocenters. The van der Waals surface area contributed by atoms with Crippen molar-refractivity contribution in [2.75, 3.05) is 38.3 Å². The Kier molecular flexibility index (Phi) is 6.37. The van der Waals surface area contributed by atoms with Gasteiger partial charge in [-0.2, -0.15) is 0 Å². The van der Waals surface area contributed by atoms with Crippen LogP contribution in [-0.4, -0.2) is 44.6 Å². The van der Waals surface area contributed by atoms with Crippen LogP contribution in [0.5, 0.6) is 0 Å². The first-order valence-corrected chi connectivity index (χ1v) is 9.87. The number of methoxy groups -OCH3 is 1. The SMILES string of the molecule is COCCC1(CNC(C)c2ccc(N3CCC(O)CC3)cc2)CCC1. The lowest BCUT2D eigenvalue weighted by Gasteiger charge is -2.43. The number of aliphatic hydroxyl groups excluding tert-OH is 1. The highest BCUT2D eigenvalue weighted by Gasteiger charge is 2.36. The van der Waals surface area contributed by atoms with Gasteiger partial charge in [0.1, 0.15) is 0 Å². The van der Waals surface area contributed by atoms with Gasteiger partial charge in [0, 0.05) is 45.1 Å². The van der Waals surface area contributed by atoms with Crippen LogP contribution in [0.4, 0.5) is 5.69 Å². The van der Waals surface area contributed by atoms with Crippen molar-refractivity contribution in [2.24, 2.45) is 5.41 Å². The summed E-state index contributed by atoms with van der Waals surface area (Å²) in [7, 11) is 1.80. The number of rotatable bonds is 8. The van der Waals surface area contributed by atoms with Gasteiger partial charge in [-0.05, 0) is 62.1 Å². The second kappa shape index (κ2) is 8.52. The molecule has 1 atom stereocenters. The average molecular weight is 347 g/mol. The van der Waals surface area contributed by atoms with Crippen molar-refractivity contribution >= 4 is 5.69 Å². The lowest BCUT2D eigenvalue weighted by molar-refractivity contribution is 0.0669. The Bertz CT molecular complexity index is 519. The molecule has 1 saturated carbocycles. The van der Waals surface area contributed by atoms with Crippen molar-refractivity contribution in [2.45, 2.75) is 57.6 Å². The summed E-state index contributed by atoms with van der Waals surface area (Å²) in [6.07, 6.45) is 6.83. The molecule has 4 heteroatoms. The Hall–Kier alpha value is -1.10. The fourth-order valence-corrected chi connectivity index (χ4v) is 4.10. The third-order valence-electron chi connectivity index (χ3n) is 6.26. The predicted molar refractivity (Wildman–Crippen MR) is 103 cm³/mol. The van der Waals surface area contributed by atoms with Gasteiger partial charge in [0.05, 0.1) is 6.10 Å². The maximum Gasteiger partial charge on any atom is 0.0574 e. The fraction of sp³-hybridized carbons (Fsp3) is 0.714. The molecule has 1 aromatic rings. The van der Waals surface area contributed by atoms with Crippen LogP contribution in [0.3, 0.4) is 0 Å². The number of hydrogen-bond acceptors (Lipinski definition) is 4. The largest absolute Gasteiger partial charge is 0.393 e. The first-order valence-electron chi connectivity index (χ1n) is 9.87. The number of piperidine rings is 1. The minimum atomic E-state index is -0.114. The maximum absolute atomic E-state index is 9.65. The van der Waals surface area contributed by atoms with Crippen LogP contribution in [0.2, 0.25) is 0 Å². The van der Waals surface area contributed by atoms with Gasteiger partial charge in [0.15, 0.2) is 0 Å². The van der Waals surface area contributed by atoms with Crippen molar-refractivity contribution in [3.63, 3.8) is 0 Å². The molecule has 1 aromatic carbocycles. The highest BCUT2D eigenvalue weighted by molar-refractivity contribution is 5.48. The van der Waals surface area contributed by atoms with Crippen LogP contribution in [0.15, 0.2) is 24.3 Å². The molecule has 3 rings (SSSR count). The Balaban J connectivity index is 1.51. The van der Waals surface area contributed by atoms with E-state index in [1.165, 1.54) is 36.9 Å². The van der Waals surface area contributed by atoms with Crippen molar-refractivity contribution in [3.8, 4) is 0 Å². The molecule has 1 saturated heterocycles. The number of hydrogen-bond donors (Lipinski definition) is 2. The van der Waals surface area contributed by atoms with Crippen LogP contribution in [0.25, 0.3) is 0 Å². The Morgan fingerprint density at radius 1 is 1.24 bits per heavy atom. The van der Waals surface area contributed by atoms with E-state index in [1.807, 2.05) is 0 Å². The van der Waals surface area contributed by atoms with Crippen molar-refractivity contribution < 1.29 is 9.84 Å². The first kappa shape index (κ1) is 18.7. The quantitative estimate of drug-likeness (QED) is 0.756. The summed E-state index contributed by atoms with van der Waals surface area (Å²) in [5.74, 6) is 0. The van der Waals surface area contributed by atoms with Gasteiger partial charge in [0.2, 0.25) is 0 Å². The summed E-state index contributed by atoms with van der Waals surface area (Å²) >= 11 is 0. The summed E-state index contributed by atoms with van der Waals surface area (Å²) in [6.45, 7) is 6.13. The number of ether oxygens (including phenoxy) is 1. The molecule has 1 aliphatic heterocycles. The molecule has 2 N–H and O–H groups in total. The molecular weight excluding hydrogens is 312 g/mol. The van der Waals surface area contributed by atoms with Crippen LogP contribution >= 0.6 is 0 Å². The standard InChI is InChI=1S/C21H34N2O2/c1-17(22-16-21(10-3-11-21)12-15-25-2)18-4-6-19(7-5-18)23-13-8-20(24)9-14-23/h4-7,17,20,22,24H,3,8-16H2,1-2H3. The lowest BCUT2D eigenvalue weighted by atomic mass is 9.66. The predicted octanol–water partition coefficient (Wildman–Crippen LogP) is 3.51. The molecule has 0 spiro atoms. The molecule has 0 amide bonds. The molecule has 25 heavy (non-hydrogen) atoms. The number of anilines is 1. The van der Waals surface area contributed by atoms with Crippen LogP contribution in [0, 0.1) is 5.41 Å². The molecule has 140 valence electrons. The summed E-state index contributed by atoms with van der Waals surface area (Å²) in [5, 5.41) is 13.4. The normalized spacial score (nSPS) is 21.8. The fourth-order valence-electron chi connectivity index (χ4n) is 4.10. The molecule has 2 fully saturated rings. The van der Waals surface area contributed by atoms with E-state index in [2.05, 4.69) is 41.4 Å². The molecule has 4 nitrogen and oxygen atoms in total.